The summed E-state index contributed by atoms with van der Waals surface area (Å²) < 4.78 is 9.54. The Balaban J connectivity index is 2.60. The van der Waals surface area contributed by atoms with Crippen LogP contribution in [0.1, 0.15) is 0 Å². The molecule has 1 heterocycles. The van der Waals surface area contributed by atoms with Crippen molar-refractivity contribution >= 4 is 5.97 Å². The van der Waals surface area contributed by atoms with Crippen LogP contribution in [0.25, 0.3) is 0 Å². The standard InChI is InChI=1S/C8H14O8/c9-1-3-5(12)6(13)7(14)8(16-3)15-2-4(10)11/h3,5-9,12-14H,1-2H2,(H,10,11)/t3?,5-,6-,7?,8+/m0/s1. The lowest BCUT2D eigenvalue weighted by Crippen LogP contribution is -2.59. The maximum absolute atomic E-state index is 10.2. The van der Waals surface area contributed by atoms with Crippen LogP contribution in [0.4, 0.5) is 0 Å². The van der Waals surface area contributed by atoms with E-state index in [2.05, 4.69) is 4.74 Å². The van der Waals surface area contributed by atoms with Gasteiger partial charge < -0.3 is 35.0 Å². The van der Waals surface area contributed by atoms with Crippen LogP contribution in [0.5, 0.6) is 0 Å². The number of aliphatic hydroxyl groups excluding tert-OH is 4. The van der Waals surface area contributed by atoms with Gasteiger partial charge in [-0.25, -0.2) is 4.79 Å². The zero-order valence-electron chi connectivity index (χ0n) is 8.26. The zero-order chi connectivity index (χ0) is 12.3. The highest BCUT2D eigenvalue weighted by Crippen LogP contribution is 2.21. The fourth-order valence-corrected chi connectivity index (χ4v) is 1.36. The van der Waals surface area contributed by atoms with Crippen molar-refractivity contribution in [2.24, 2.45) is 0 Å². The van der Waals surface area contributed by atoms with Crippen LogP contribution >= 0.6 is 0 Å². The summed E-state index contributed by atoms with van der Waals surface area (Å²) in [5.74, 6) is -1.27. The molecule has 0 saturated carbocycles. The molecule has 8 nitrogen and oxygen atoms in total. The average molecular weight is 238 g/mol. The van der Waals surface area contributed by atoms with Crippen molar-refractivity contribution in [2.75, 3.05) is 13.2 Å². The van der Waals surface area contributed by atoms with Gasteiger partial charge in [0.05, 0.1) is 6.61 Å². The number of hydrogen-bond acceptors (Lipinski definition) is 7. The Kier molecular flexibility index (Phi) is 4.59. The number of carboxylic acids is 1. The van der Waals surface area contributed by atoms with Gasteiger partial charge in [-0.3, -0.25) is 0 Å². The molecule has 0 aromatic rings. The third-order valence-electron chi connectivity index (χ3n) is 2.22. The summed E-state index contributed by atoms with van der Waals surface area (Å²) in [7, 11) is 0. The molecule has 16 heavy (non-hydrogen) atoms. The van der Waals surface area contributed by atoms with Crippen molar-refractivity contribution in [3.8, 4) is 0 Å². The lowest BCUT2D eigenvalue weighted by Gasteiger charge is -2.39. The van der Waals surface area contributed by atoms with Crippen molar-refractivity contribution in [3.63, 3.8) is 0 Å². The number of aliphatic carboxylic acids is 1. The van der Waals surface area contributed by atoms with Gasteiger partial charge in [0, 0.05) is 0 Å². The second-order valence-corrected chi connectivity index (χ2v) is 3.40. The fraction of sp³-hybridized carbons (Fsp3) is 0.875. The normalized spacial score (nSPS) is 39.6. The molecule has 1 aliphatic rings. The topological polar surface area (TPSA) is 137 Å². The first-order valence-electron chi connectivity index (χ1n) is 4.61. The van der Waals surface area contributed by atoms with Crippen molar-refractivity contribution in [3.05, 3.63) is 0 Å². The first-order valence-corrected chi connectivity index (χ1v) is 4.61. The first kappa shape index (κ1) is 13.3. The van der Waals surface area contributed by atoms with Crippen LogP contribution in [0.2, 0.25) is 0 Å². The van der Waals surface area contributed by atoms with Crippen LogP contribution in [0.3, 0.4) is 0 Å². The average Bonchev–Trinajstić information content (AvgIpc) is 2.25. The van der Waals surface area contributed by atoms with Gasteiger partial charge in [-0.15, -0.1) is 0 Å². The number of rotatable bonds is 4. The molecule has 94 valence electrons. The summed E-state index contributed by atoms with van der Waals surface area (Å²) in [5, 5.41) is 45.3. The van der Waals surface area contributed by atoms with Crippen LogP contribution in [-0.4, -0.2) is 75.4 Å². The molecule has 2 unspecified atom stereocenters. The molecule has 0 aromatic heterocycles. The van der Waals surface area contributed by atoms with E-state index in [1.54, 1.807) is 0 Å². The zero-order valence-corrected chi connectivity index (χ0v) is 8.26. The Hall–Kier alpha value is -0.770. The monoisotopic (exact) mass is 238 g/mol. The predicted octanol–water partition coefficient (Wildman–Crippen LogP) is -3.11. The number of aliphatic hydroxyl groups is 4. The van der Waals surface area contributed by atoms with E-state index in [-0.39, 0.29) is 0 Å². The second-order valence-electron chi connectivity index (χ2n) is 3.40. The van der Waals surface area contributed by atoms with Crippen molar-refractivity contribution in [1.29, 1.82) is 0 Å². The SMILES string of the molecule is O=C(O)CO[C@@H]1OC(CO)[C@H](O)[C@H](O)C1O. The van der Waals surface area contributed by atoms with Gasteiger partial charge in [0.25, 0.3) is 0 Å². The Labute approximate surface area is 90.6 Å². The number of ether oxygens (including phenoxy) is 2. The molecule has 1 rings (SSSR count). The van der Waals surface area contributed by atoms with Gasteiger partial charge in [0.2, 0.25) is 0 Å². The maximum atomic E-state index is 10.2. The summed E-state index contributed by atoms with van der Waals surface area (Å²) in [5.41, 5.74) is 0. The van der Waals surface area contributed by atoms with Crippen LogP contribution < -0.4 is 0 Å². The van der Waals surface area contributed by atoms with Gasteiger partial charge in [-0.1, -0.05) is 0 Å². The molecule has 0 bridgehead atoms. The number of carboxylic acid groups (broad SMARTS) is 1. The number of hydrogen-bond donors (Lipinski definition) is 5. The minimum absolute atomic E-state index is 0.585. The van der Waals surface area contributed by atoms with Crippen molar-refractivity contribution in [2.45, 2.75) is 30.7 Å². The number of carbonyl (C=O) groups is 1. The summed E-state index contributed by atoms with van der Waals surface area (Å²) in [4.78, 5) is 10.2. The summed E-state index contributed by atoms with van der Waals surface area (Å²) in [6, 6.07) is 0. The van der Waals surface area contributed by atoms with E-state index in [4.69, 9.17) is 14.9 Å². The Morgan fingerprint density at radius 3 is 2.31 bits per heavy atom. The molecule has 8 heteroatoms. The third kappa shape index (κ3) is 2.88. The van der Waals surface area contributed by atoms with Crippen molar-refractivity contribution < 1.29 is 39.8 Å². The fourth-order valence-electron chi connectivity index (χ4n) is 1.36. The molecule has 0 amide bonds. The van der Waals surface area contributed by atoms with Crippen LogP contribution in [-0.2, 0) is 14.3 Å². The molecule has 0 spiro atoms. The molecule has 5 atom stereocenters. The van der Waals surface area contributed by atoms with E-state index in [1.807, 2.05) is 0 Å². The summed E-state index contributed by atoms with van der Waals surface area (Å²) in [6.07, 6.45) is -7.12. The van der Waals surface area contributed by atoms with Gasteiger partial charge in [-0.2, -0.15) is 0 Å². The smallest absolute Gasteiger partial charge is 0.329 e. The van der Waals surface area contributed by atoms with Gasteiger partial charge in [0.1, 0.15) is 31.0 Å². The molecular formula is C8H14O8. The Morgan fingerprint density at radius 2 is 1.81 bits per heavy atom. The first-order chi connectivity index (χ1) is 7.47. The highest BCUT2D eigenvalue weighted by Gasteiger charge is 2.44. The molecule has 0 aromatic carbocycles. The maximum Gasteiger partial charge on any atom is 0.329 e. The lowest BCUT2D eigenvalue weighted by atomic mass is 9.99. The van der Waals surface area contributed by atoms with Crippen LogP contribution in [0.15, 0.2) is 0 Å². The molecule has 0 aliphatic carbocycles. The van der Waals surface area contributed by atoms with E-state index in [9.17, 15) is 20.1 Å². The van der Waals surface area contributed by atoms with Gasteiger partial charge in [0.15, 0.2) is 6.29 Å². The predicted molar refractivity (Wildman–Crippen MR) is 47.4 cm³/mol. The third-order valence-corrected chi connectivity index (χ3v) is 2.22. The minimum Gasteiger partial charge on any atom is -0.480 e. The van der Waals surface area contributed by atoms with Gasteiger partial charge in [-0.05, 0) is 0 Å². The van der Waals surface area contributed by atoms with E-state index in [0.717, 1.165) is 0 Å². The summed E-state index contributed by atoms with van der Waals surface area (Å²) in [6.45, 7) is -1.30. The molecule has 5 N–H and O–H groups in total. The minimum atomic E-state index is -1.57. The van der Waals surface area contributed by atoms with Crippen molar-refractivity contribution in [1.82, 2.24) is 0 Å². The van der Waals surface area contributed by atoms with Crippen LogP contribution in [0, 0.1) is 0 Å². The summed E-state index contributed by atoms with van der Waals surface area (Å²) >= 11 is 0. The Morgan fingerprint density at radius 1 is 1.19 bits per heavy atom. The van der Waals surface area contributed by atoms with E-state index < -0.39 is 49.9 Å². The molecule has 1 fully saturated rings. The molecule has 1 aliphatic heterocycles. The van der Waals surface area contributed by atoms with E-state index in [0.29, 0.717) is 0 Å². The van der Waals surface area contributed by atoms with E-state index in [1.165, 1.54) is 0 Å². The van der Waals surface area contributed by atoms with Gasteiger partial charge >= 0.3 is 5.97 Å². The van der Waals surface area contributed by atoms with E-state index >= 15 is 0 Å². The largest absolute Gasteiger partial charge is 0.480 e. The Bertz CT molecular complexity index is 242. The highest BCUT2D eigenvalue weighted by molar-refractivity contribution is 5.68. The molecular weight excluding hydrogens is 224 g/mol. The highest BCUT2D eigenvalue weighted by atomic mass is 16.7. The quantitative estimate of drug-likeness (QED) is 0.347. The molecule has 1 saturated heterocycles. The molecule has 0 radical (unpaired) electrons. The lowest BCUT2D eigenvalue weighted by molar-refractivity contribution is -0.300. The second kappa shape index (κ2) is 5.53.